The summed E-state index contributed by atoms with van der Waals surface area (Å²) >= 11 is 0. The summed E-state index contributed by atoms with van der Waals surface area (Å²) in [5, 5.41) is 20.4. The summed E-state index contributed by atoms with van der Waals surface area (Å²) in [7, 11) is 0. The zero-order chi connectivity index (χ0) is 16.0. The Morgan fingerprint density at radius 3 is 2.13 bits per heavy atom. The van der Waals surface area contributed by atoms with Gasteiger partial charge in [0.2, 0.25) is 0 Å². The fourth-order valence-corrected chi connectivity index (χ4v) is 3.27. The molecular formula is C19H18O4. The van der Waals surface area contributed by atoms with Crippen molar-refractivity contribution in [1.82, 2.24) is 0 Å². The van der Waals surface area contributed by atoms with Crippen molar-refractivity contribution in [2.45, 2.75) is 37.9 Å². The summed E-state index contributed by atoms with van der Waals surface area (Å²) in [4.78, 5) is 12.1. The Balaban J connectivity index is 1.80. The smallest absolute Gasteiger partial charge is 0.164 e. The number of Topliss-reactive ketones (excluding diaryl/α,β-unsaturated/α-hetero) is 1. The maximum atomic E-state index is 12.1. The van der Waals surface area contributed by atoms with Crippen molar-refractivity contribution in [3.8, 4) is 22.6 Å². The molecule has 2 aromatic rings. The number of rotatable bonds is 0. The third-order valence-corrected chi connectivity index (χ3v) is 4.69. The average molecular weight is 310 g/mol. The van der Waals surface area contributed by atoms with Gasteiger partial charge in [0.15, 0.2) is 5.78 Å². The van der Waals surface area contributed by atoms with Gasteiger partial charge in [0.1, 0.15) is 17.6 Å². The van der Waals surface area contributed by atoms with E-state index in [9.17, 15) is 15.0 Å². The number of aryl methyl sites for hydroxylation is 2. The van der Waals surface area contributed by atoms with Crippen molar-refractivity contribution in [3.63, 3.8) is 0 Å². The first-order valence-electron chi connectivity index (χ1n) is 7.94. The van der Waals surface area contributed by atoms with Crippen LogP contribution < -0.4 is 0 Å². The number of phenolic OH excluding ortho intramolecular Hbond substituents is 2. The van der Waals surface area contributed by atoms with E-state index in [2.05, 4.69) is 0 Å². The first kappa shape index (κ1) is 14.3. The lowest BCUT2D eigenvalue weighted by atomic mass is 9.96. The third-order valence-electron chi connectivity index (χ3n) is 4.69. The number of carbonyl (C=O) groups is 1. The molecule has 0 amide bonds. The second kappa shape index (κ2) is 5.39. The minimum atomic E-state index is -0.246. The fourth-order valence-electron chi connectivity index (χ4n) is 3.27. The van der Waals surface area contributed by atoms with Gasteiger partial charge in [-0.05, 0) is 54.7 Å². The highest BCUT2D eigenvalue weighted by Gasteiger charge is 2.43. The molecule has 1 heterocycles. The second-order valence-corrected chi connectivity index (χ2v) is 6.30. The van der Waals surface area contributed by atoms with Crippen LogP contribution in [0.15, 0.2) is 36.4 Å². The van der Waals surface area contributed by atoms with Crippen LogP contribution in [0.1, 0.15) is 24.0 Å². The van der Waals surface area contributed by atoms with E-state index in [1.54, 1.807) is 12.1 Å². The number of epoxide rings is 1. The minimum Gasteiger partial charge on any atom is -0.507 e. The summed E-state index contributed by atoms with van der Waals surface area (Å²) in [6, 6.07) is 10.7. The van der Waals surface area contributed by atoms with Gasteiger partial charge in [-0.15, -0.1) is 0 Å². The van der Waals surface area contributed by atoms with E-state index >= 15 is 0 Å². The highest BCUT2D eigenvalue weighted by atomic mass is 16.6. The molecule has 1 aliphatic carbocycles. The predicted molar refractivity (Wildman–Crippen MR) is 85.5 cm³/mol. The molecule has 2 unspecified atom stereocenters. The summed E-state index contributed by atoms with van der Waals surface area (Å²) in [6.45, 7) is 0. The first-order valence-corrected chi connectivity index (χ1v) is 7.94. The molecule has 4 nitrogen and oxygen atoms in total. The molecule has 0 radical (unpaired) electrons. The summed E-state index contributed by atoms with van der Waals surface area (Å²) in [6.07, 6.45) is 2.40. The Hall–Kier alpha value is -2.33. The van der Waals surface area contributed by atoms with Crippen molar-refractivity contribution >= 4 is 5.78 Å². The number of benzene rings is 2. The van der Waals surface area contributed by atoms with Crippen LogP contribution in [0.2, 0.25) is 0 Å². The van der Waals surface area contributed by atoms with Crippen LogP contribution in [0.3, 0.4) is 0 Å². The van der Waals surface area contributed by atoms with Crippen LogP contribution in [0.4, 0.5) is 0 Å². The van der Waals surface area contributed by atoms with E-state index in [1.807, 2.05) is 24.3 Å². The number of aromatic hydroxyl groups is 2. The molecule has 4 rings (SSSR count). The molecule has 1 aliphatic heterocycles. The number of carbonyl (C=O) groups excluding carboxylic acids is 1. The zero-order valence-corrected chi connectivity index (χ0v) is 12.7. The topological polar surface area (TPSA) is 70.1 Å². The molecule has 4 bridgehead atoms. The number of hydrogen-bond acceptors (Lipinski definition) is 4. The Morgan fingerprint density at radius 1 is 0.870 bits per heavy atom. The van der Waals surface area contributed by atoms with E-state index in [1.165, 1.54) is 0 Å². The maximum Gasteiger partial charge on any atom is 0.164 e. The van der Waals surface area contributed by atoms with Gasteiger partial charge in [0, 0.05) is 17.5 Å². The Morgan fingerprint density at radius 2 is 1.48 bits per heavy atom. The number of ether oxygens (including phenoxy) is 1. The van der Waals surface area contributed by atoms with Gasteiger partial charge in [-0.3, -0.25) is 4.79 Å². The molecule has 2 aromatic carbocycles. The third kappa shape index (κ3) is 2.70. The predicted octanol–water partition coefficient (Wildman–Crippen LogP) is 2.98. The maximum absolute atomic E-state index is 12.1. The van der Waals surface area contributed by atoms with Gasteiger partial charge in [0.25, 0.3) is 0 Å². The summed E-state index contributed by atoms with van der Waals surface area (Å²) < 4.78 is 5.50. The first-order chi connectivity index (χ1) is 11.1. The quantitative estimate of drug-likeness (QED) is 0.734. The molecule has 1 fully saturated rings. The van der Waals surface area contributed by atoms with Crippen molar-refractivity contribution in [2.75, 3.05) is 0 Å². The SMILES string of the molecule is O=C1CCc2ccc(O)c(c2)-c2cc(ccc2O)CCC2OC12. The number of phenols is 2. The summed E-state index contributed by atoms with van der Waals surface area (Å²) in [5.74, 6) is 0.430. The molecule has 2 N–H and O–H groups in total. The largest absolute Gasteiger partial charge is 0.507 e. The lowest BCUT2D eigenvalue weighted by molar-refractivity contribution is -0.120. The summed E-state index contributed by atoms with van der Waals surface area (Å²) in [5.41, 5.74) is 3.26. The monoisotopic (exact) mass is 310 g/mol. The van der Waals surface area contributed by atoms with Gasteiger partial charge in [0.05, 0.1) is 6.10 Å². The average Bonchev–Trinajstić information content (AvgIpc) is 3.32. The van der Waals surface area contributed by atoms with Crippen LogP contribution in [0.25, 0.3) is 11.1 Å². The van der Waals surface area contributed by atoms with Crippen molar-refractivity contribution in [3.05, 3.63) is 47.5 Å². The lowest BCUT2D eigenvalue weighted by Crippen LogP contribution is -2.11. The van der Waals surface area contributed by atoms with Crippen molar-refractivity contribution < 1.29 is 19.7 Å². The fraction of sp³-hybridized carbons (Fsp3) is 0.316. The van der Waals surface area contributed by atoms with Crippen LogP contribution in [0, 0.1) is 0 Å². The van der Waals surface area contributed by atoms with E-state index in [-0.39, 0.29) is 29.5 Å². The Kier molecular flexibility index (Phi) is 3.34. The number of ketones is 1. The second-order valence-electron chi connectivity index (χ2n) is 6.30. The van der Waals surface area contributed by atoms with Gasteiger partial charge in [-0.2, -0.15) is 0 Å². The molecule has 2 atom stereocenters. The number of hydrogen-bond donors (Lipinski definition) is 2. The van der Waals surface area contributed by atoms with Gasteiger partial charge in [-0.1, -0.05) is 12.1 Å². The van der Waals surface area contributed by atoms with Crippen LogP contribution in [0.5, 0.6) is 11.5 Å². The Labute approximate surface area is 134 Å². The molecule has 1 saturated heterocycles. The number of fused-ring (bicyclic) bond motifs is 6. The van der Waals surface area contributed by atoms with Gasteiger partial charge in [-0.25, -0.2) is 0 Å². The molecule has 0 spiro atoms. The molecule has 23 heavy (non-hydrogen) atoms. The standard InChI is InChI=1S/C19H18O4/c20-15-5-1-11-3-7-17(22)19-18(23-19)8-4-12-2-6-16(21)14(10-12)13(15)9-11/h1-2,5-6,9-10,18-21H,3-4,7-8H2. The zero-order valence-electron chi connectivity index (χ0n) is 12.7. The van der Waals surface area contributed by atoms with E-state index in [4.69, 9.17) is 4.74 Å². The highest BCUT2D eigenvalue weighted by Crippen LogP contribution is 2.38. The molecular weight excluding hydrogens is 292 g/mol. The van der Waals surface area contributed by atoms with Gasteiger partial charge < -0.3 is 14.9 Å². The molecule has 0 saturated carbocycles. The molecule has 0 aromatic heterocycles. The van der Waals surface area contributed by atoms with Crippen LogP contribution >= 0.6 is 0 Å². The molecule has 2 aliphatic rings. The molecule has 118 valence electrons. The van der Waals surface area contributed by atoms with Crippen molar-refractivity contribution in [1.29, 1.82) is 0 Å². The minimum absolute atomic E-state index is 0.0250. The highest BCUT2D eigenvalue weighted by molar-refractivity contribution is 5.86. The normalized spacial score (nSPS) is 23.2. The lowest BCUT2D eigenvalue weighted by Gasteiger charge is -2.11. The van der Waals surface area contributed by atoms with E-state index in [0.29, 0.717) is 24.0 Å². The van der Waals surface area contributed by atoms with E-state index < -0.39 is 0 Å². The van der Waals surface area contributed by atoms with E-state index in [0.717, 1.165) is 24.0 Å². The molecule has 4 heteroatoms. The van der Waals surface area contributed by atoms with Crippen LogP contribution in [-0.2, 0) is 22.4 Å². The van der Waals surface area contributed by atoms with Crippen molar-refractivity contribution in [2.24, 2.45) is 0 Å². The van der Waals surface area contributed by atoms with Gasteiger partial charge >= 0.3 is 0 Å². The van der Waals surface area contributed by atoms with Crippen LogP contribution in [-0.4, -0.2) is 28.2 Å². The Bertz CT molecular complexity index is 781.